The minimum absolute atomic E-state index is 0.0436. The summed E-state index contributed by atoms with van der Waals surface area (Å²) in [7, 11) is 0. The zero-order valence-electron chi connectivity index (χ0n) is 8.21. The number of hydrogen-bond acceptors (Lipinski definition) is 3. The molecule has 3 heteroatoms. The Bertz CT molecular complexity index is 214. The van der Waals surface area contributed by atoms with Crippen LogP contribution in [0.5, 0.6) is 0 Å². The Labute approximate surface area is 78.4 Å². The van der Waals surface area contributed by atoms with Crippen molar-refractivity contribution in [2.45, 2.75) is 57.5 Å². The van der Waals surface area contributed by atoms with Gasteiger partial charge in [-0.25, -0.2) is 0 Å². The summed E-state index contributed by atoms with van der Waals surface area (Å²) in [6, 6.07) is 0. The first-order valence-electron chi connectivity index (χ1n) is 5.03. The second-order valence-corrected chi connectivity index (χ2v) is 4.03. The second kappa shape index (κ2) is 3.07. The van der Waals surface area contributed by atoms with E-state index in [-0.39, 0.29) is 18.0 Å². The molecule has 2 atom stereocenters. The van der Waals surface area contributed by atoms with Gasteiger partial charge < -0.3 is 9.47 Å². The maximum absolute atomic E-state index is 11.7. The maximum Gasteiger partial charge on any atom is 0.229 e. The van der Waals surface area contributed by atoms with Crippen molar-refractivity contribution in [2.24, 2.45) is 0 Å². The van der Waals surface area contributed by atoms with Crippen LogP contribution in [-0.4, -0.2) is 23.8 Å². The Balaban J connectivity index is 2.16. The van der Waals surface area contributed by atoms with Gasteiger partial charge in [-0.1, -0.05) is 0 Å². The molecular formula is C10H16O3. The van der Waals surface area contributed by atoms with Crippen LogP contribution in [0.4, 0.5) is 0 Å². The van der Waals surface area contributed by atoms with Gasteiger partial charge in [0.2, 0.25) is 5.79 Å². The molecule has 0 aromatic carbocycles. The van der Waals surface area contributed by atoms with Gasteiger partial charge in [0.15, 0.2) is 5.78 Å². The zero-order chi connectivity index (χ0) is 9.47. The van der Waals surface area contributed by atoms with Crippen molar-refractivity contribution in [2.75, 3.05) is 0 Å². The van der Waals surface area contributed by atoms with Gasteiger partial charge in [0.05, 0.1) is 12.2 Å². The molecule has 1 saturated carbocycles. The third-order valence-electron chi connectivity index (χ3n) is 3.00. The number of ketones is 1. The van der Waals surface area contributed by atoms with Gasteiger partial charge in [-0.05, 0) is 26.7 Å². The van der Waals surface area contributed by atoms with Crippen LogP contribution in [0, 0.1) is 0 Å². The molecule has 1 spiro atoms. The van der Waals surface area contributed by atoms with Crippen molar-refractivity contribution in [3.63, 3.8) is 0 Å². The molecule has 2 rings (SSSR count). The van der Waals surface area contributed by atoms with E-state index in [4.69, 9.17) is 9.47 Å². The fraction of sp³-hybridized carbons (Fsp3) is 0.900. The van der Waals surface area contributed by atoms with E-state index < -0.39 is 5.79 Å². The summed E-state index contributed by atoms with van der Waals surface area (Å²) in [5.74, 6) is -0.730. The maximum atomic E-state index is 11.7. The lowest BCUT2D eigenvalue weighted by molar-refractivity contribution is -0.195. The predicted molar refractivity (Wildman–Crippen MR) is 47.3 cm³/mol. The summed E-state index contributed by atoms with van der Waals surface area (Å²) in [6.07, 6.45) is 3.45. The molecule has 74 valence electrons. The Morgan fingerprint density at radius 2 is 1.85 bits per heavy atom. The highest BCUT2D eigenvalue weighted by Crippen LogP contribution is 2.37. The molecule has 2 aliphatic rings. The van der Waals surface area contributed by atoms with Crippen LogP contribution in [0.15, 0.2) is 0 Å². The number of carbonyl (C=O) groups excluding carboxylic acids is 1. The van der Waals surface area contributed by atoms with Gasteiger partial charge in [0.1, 0.15) is 0 Å². The minimum atomic E-state index is -0.864. The average Bonchev–Trinajstić information content (AvgIpc) is 2.36. The van der Waals surface area contributed by atoms with Crippen LogP contribution in [0.1, 0.15) is 39.5 Å². The van der Waals surface area contributed by atoms with E-state index in [1.54, 1.807) is 0 Å². The molecule has 0 N–H and O–H groups in total. The monoisotopic (exact) mass is 184 g/mol. The lowest BCUT2D eigenvalue weighted by Crippen LogP contribution is -2.42. The van der Waals surface area contributed by atoms with Crippen molar-refractivity contribution < 1.29 is 14.3 Å². The smallest absolute Gasteiger partial charge is 0.229 e. The standard InChI is InChI=1S/C10H16O3/c1-7-8(2)13-10(12-7)6-4-3-5-9(10)11/h7-8H,3-6H2,1-2H3. The van der Waals surface area contributed by atoms with E-state index in [1.807, 2.05) is 13.8 Å². The molecule has 1 heterocycles. The summed E-state index contributed by atoms with van der Waals surface area (Å²) in [4.78, 5) is 11.7. The Hall–Kier alpha value is -0.410. The Morgan fingerprint density at radius 3 is 2.38 bits per heavy atom. The van der Waals surface area contributed by atoms with Gasteiger partial charge in [0.25, 0.3) is 0 Å². The van der Waals surface area contributed by atoms with E-state index in [1.165, 1.54) is 0 Å². The van der Waals surface area contributed by atoms with Crippen molar-refractivity contribution in [3.8, 4) is 0 Å². The summed E-state index contributed by atoms with van der Waals surface area (Å²) < 4.78 is 11.3. The molecule has 0 aromatic heterocycles. The van der Waals surface area contributed by atoms with Crippen LogP contribution in [0.2, 0.25) is 0 Å². The topological polar surface area (TPSA) is 35.5 Å². The number of rotatable bonds is 0. The highest BCUT2D eigenvalue weighted by Gasteiger charge is 2.50. The molecule has 13 heavy (non-hydrogen) atoms. The summed E-state index contributed by atoms with van der Waals surface area (Å²) in [5, 5.41) is 0. The number of ether oxygens (including phenoxy) is 2. The molecule has 3 nitrogen and oxygen atoms in total. The van der Waals surface area contributed by atoms with Crippen LogP contribution in [0.25, 0.3) is 0 Å². The SMILES string of the molecule is CC1OC2(CCCCC2=O)OC1C. The van der Waals surface area contributed by atoms with Gasteiger partial charge in [-0.15, -0.1) is 0 Å². The van der Waals surface area contributed by atoms with Gasteiger partial charge in [0, 0.05) is 12.8 Å². The van der Waals surface area contributed by atoms with Crippen LogP contribution >= 0.6 is 0 Å². The summed E-state index contributed by atoms with van der Waals surface area (Å²) >= 11 is 0. The second-order valence-electron chi connectivity index (χ2n) is 4.03. The van der Waals surface area contributed by atoms with Crippen molar-refractivity contribution in [1.29, 1.82) is 0 Å². The normalized spacial score (nSPS) is 45.8. The van der Waals surface area contributed by atoms with Gasteiger partial charge in [-0.2, -0.15) is 0 Å². The molecule has 1 aliphatic heterocycles. The fourth-order valence-electron chi connectivity index (χ4n) is 2.04. The largest absolute Gasteiger partial charge is 0.338 e. The van der Waals surface area contributed by atoms with Crippen molar-refractivity contribution in [3.05, 3.63) is 0 Å². The van der Waals surface area contributed by atoms with E-state index in [9.17, 15) is 4.79 Å². The van der Waals surface area contributed by atoms with E-state index in [2.05, 4.69) is 0 Å². The molecule has 0 aromatic rings. The number of carbonyl (C=O) groups is 1. The molecule has 1 aliphatic carbocycles. The molecule has 2 fully saturated rings. The van der Waals surface area contributed by atoms with E-state index in [0.29, 0.717) is 6.42 Å². The van der Waals surface area contributed by atoms with Gasteiger partial charge in [-0.3, -0.25) is 4.79 Å². The third kappa shape index (κ3) is 1.40. The molecule has 0 amide bonds. The number of Topliss-reactive ketones (excluding diaryl/α,β-unsaturated/α-hetero) is 1. The first-order valence-corrected chi connectivity index (χ1v) is 5.03. The molecule has 0 radical (unpaired) electrons. The number of hydrogen-bond donors (Lipinski definition) is 0. The third-order valence-corrected chi connectivity index (χ3v) is 3.00. The first-order chi connectivity index (χ1) is 6.14. The molecule has 2 unspecified atom stereocenters. The molecule has 1 saturated heterocycles. The minimum Gasteiger partial charge on any atom is -0.338 e. The molecular weight excluding hydrogens is 168 g/mol. The van der Waals surface area contributed by atoms with E-state index >= 15 is 0 Å². The van der Waals surface area contributed by atoms with Crippen molar-refractivity contribution in [1.82, 2.24) is 0 Å². The molecule has 0 bridgehead atoms. The van der Waals surface area contributed by atoms with Crippen LogP contribution in [0.3, 0.4) is 0 Å². The highest BCUT2D eigenvalue weighted by molar-refractivity contribution is 5.86. The first kappa shape index (κ1) is 9.16. The Morgan fingerprint density at radius 1 is 1.23 bits per heavy atom. The van der Waals surface area contributed by atoms with Gasteiger partial charge >= 0.3 is 0 Å². The Kier molecular flexibility index (Phi) is 2.16. The zero-order valence-corrected chi connectivity index (χ0v) is 8.21. The summed E-state index contributed by atoms with van der Waals surface area (Å²) in [5.41, 5.74) is 0. The fourth-order valence-corrected chi connectivity index (χ4v) is 2.04. The van der Waals surface area contributed by atoms with E-state index in [0.717, 1.165) is 19.3 Å². The van der Waals surface area contributed by atoms with Crippen LogP contribution < -0.4 is 0 Å². The quantitative estimate of drug-likeness (QED) is 0.574. The van der Waals surface area contributed by atoms with Crippen molar-refractivity contribution >= 4 is 5.78 Å². The summed E-state index contributed by atoms with van der Waals surface area (Å²) in [6.45, 7) is 3.92. The highest BCUT2D eigenvalue weighted by atomic mass is 16.8. The van der Waals surface area contributed by atoms with Crippen LogP contribution in [-0.2, 0) is 14.3 Å². The lowest BCUT2D eigenvalue weighted by atomic mass is 9.93. The lowest BCUT2D eigenvalue weighted by Gasteiger charge is -2.29. The average molecular weight is 184 g/mol. The predicted octanol–water partition coefficient (Wildman–Crippen LogP) is 1.65.